The highest BCUT2D eigenvalue weighted by atomic mass is 35.5. The SMILES string of the molecule is CCOC(=O)NN=C(C)c1ccc(Cl)cc1C. The Morgan fingerprint density at radius 2 is 2.24 bits per heavy atom. The van der Waals surface area contributed by atoms with E-state index < -0.39 is 6.09 Å². The predicted molar refractivity (Wildman–Crippen MR) is 68.6 cm³/mol. The average Bonchev–Trinajstić information content (AvgIpc) is 2.26. The van der Waals surface area contributed by atoms with Crippen LogP contribution in [-0.2, 0) is 4.74 Å². The second kappa shape index (κ2) is 6.25. The Labute approximate surface area is 106 Å². The molecule has 0 unspecified atom stereocenters. The van der Waals surface area contributed by atoms with Crippen LogP contribution in [-0.4, -0.2) is 18.4 Å². The molecule has 0 aliphatic heterocycles. The lowest BCUT2D eigenvalue weighted by atomic mass is 10.1. The lowest BCUT2D eigenvalue weighted by Crippen LogP contribution is -2.20. The Balaban J connectivity index is 2.78. The van der Waals surface area contributed by atoms with Crippen LogP contribution in [0.1, 0.15) is 25.0 Å². The van der Waals surface area contributed by atoms with Gasteiger partial charge in [0, 0.05) is 10.6 Å². The molecule has 0 fully saturated rings. The highest BCUT2D eigenvalue weighted by Gasteiger charge is 2.04. The summed E-state index contributed by atoms with van der Waals surface area (Å²) in [6, 6.07) is 5.50. The van der Waals surface area contributed by atoms with Crippen LogP contribution < -0.4 is 5.43 Å². The van der Waals surface area contributed by atoms with E-state index in [0.29, 0.717) is 17.3 Å². The van der Waals surface area contributed by atoms with Gasteiger partial charge in [-0.05, 0) is 38.5 Å². The van der Waals surface area contributed by atoms with Crippen LogP contribution in [0.2, 0.25) is 5.02 Å². The van der Waals surface area contributed by atoms with Gasteiger partial charge < -0.3 is 4.74 Å². The van der Waals surface area contributed by atoms with Crippen molar-refractivity contribution in [2.45, 2.75) is 20.8 Å². The fraction of sp³-hybridized carbons (Fsp3) is 0.333. The van der Waals surface area contributed by atoms with Gasteiger partial charge in [0.15, 0.2) is 0 Å². The van der Waals surface area contributed by atoms with Crippen LogP contribution in [0, 0.1) is 6.92 Å². The average molecular weight is 255 g/mol. The van der Waals surface area contributed by atoms with Crippen molar-refractivity contribution in [2.24, 2.45) is 5.10 Å². The number of amides is 1. The molecule has 0 radical (unpaired) electrons. The van der Waals surface area contributed by atoms with Crippen LogP contribution in [0.5, 0.6) is 0 Å². The zero-order chi connectivity index (χ0) is 12.8. The predicted octanol–water partition coefficient (Wildman–Crippen LogP) is 3.12. The molecule has 0 spiro atoms. The Morgan fingerprint density at radius 3 is 2.82 bits per heavy atom. The molecule has 1 N–H and O–H groups in total. The van der Waals surface area contributed by atoms with Gasteiger partial charge in [-0.1, -0.05) is 17.7 Å². The molecule has 1 rings (SSSR count). The topological polar surface area (TPSA) is 50.7 Å². The molecule has 0 saturated heterocycles. The number of rotatable bonds is 3. The number of hydrogen-bond donors (Lipinski definition) is 1. The number of hydrazone groups is 1. The summed E-state index contributed by atoms with van der Waals surface area (Å²) in [5.74, 6) is 0. The first-order valence-electron chi connectivity index (χ1n) is 5.28. The van der Waals surface area contributed by atoms with Crippen LogP contribution in [0.3, 0.4) is 0 Å². The van der Waals surface area contributed by atoms with E-state index in [4.69, 9.17) is 16.3 Å². The van der Waals surface area contributed by atoms with Crippen LogP contribution in [0.25, 0.3) is 0 Å². The minimum absolute atomic E-state index is 0.320. The maximum atomic E-state index is 11.1. The number of benzene rings is 1. The van der Waals surface area contributed by atoms with E-state index in [-0.39, 0.29) is 0 Å². The highest BCUT2D eigenvalue weighted by molar-refractivity contribution is 6.30. The highest BCUT2D eigenvalue weighted by Crippen LogP contribution is 2.15. The normalized spacial score (nSPS) is 11.2. The third-order valence-electron chi connectivity index (χ3n) is 2.17. The zero-order valence-electron chi connectivity index (χ0n) is 10.1. The molecule has 4 nitrogen and oxygen atoms in total. The van der Waals surface area contributed by atoms with Crippen LogP contribution in [0.4, 0.5) is 4.79 Å². The summed E-state index contributed by atoms with van der Waals surface area (Å²) >= 11 is 5.86. The van der Waals surface area contributed by atoms with Gasteiger partial charge in [0.25, 0.3) is 0 Å². The summed E-state index contributed by atoms with van der Waals surface area (Å²) < 4.78 is 4.70. The van der Waals surface area contributed by atoms with Crippen molar-refractivity contribution in [1.29, 1.82) is 0 Å². The van der Waals surface area contributed by atoms with Crippen molar-refractivity contribution < 1.29 is 9.53 Å². The third kappa shape index (κ3) is 4.07. The molecule has 0 saturated carbocycles. The summed E-state index contributed by atoms with van der Waals surface area (Å²) in [4.78, 5) is 11.1. The molecule has 5 heteroatoms. The van der Waals surface area contributed by atoms with Gasteiger partial charge in [-0.2, -0.15) is 5.10 Å². The number of halogens is 1. The molecule has 0 aromatic heterocycles. The Bertz CT molecular complexity index is 444. The largest absolute Gasteiger partial charge is 0.449 e. The van der Waals surface area contributed by atoms with Crippen molar-refractivity contribution in [3.63, 3.8) is 0 Å². The van der Waals surface area contributed by atoms with E-state index >= 15 is 0 Å². The van der Waals surface area contributed by atoms with E-state index in [0.717, 1.165) is 11.1 Å². The smallest absolute Gasteiger partial charge is 0.427 e. The number of carbonyl (C=O) groups excluding carboxylic acids is 1. The molecule has 0 heterocycles. The molecular formula is C12H15ClN2O2. The van der Waals surface area contributed by atoms with Gasteiger partial charge in [0.05, 0.1) is 12.3 Å². The number of carbonyl (C=O) groups is 1. The second-order valence-electron chi connectivity index (χ2n) is 3.49. The lowest BCUT2D eigenvalue weighted by Gasteiger charge is -2.06. The molecule has 0 aliphatic rings. The Morgan fingerprint density at radius 1 is 1.53 bits per heavy atom. The zero-order valence-corrected chi connectivity index (χ0v) is 10.8. The van der Waals surface area contributed by atoms with Crippen LogP contribution in [0.15, 0.2) is 23.3 Å². The van der Waals surface area contributed by atoms with Crippen molar-refractivity contribution in [1.82, 2.24) is 5.43 Å². The van der Waals surface area contributed by atoms with Crippen molar-refractivity contribution in [3.05, 3.63) is 34.3 Å². The number of hydrogen-bond acceptors (Lipinski definition) is 3. The second-order valence-corrected chi connectivity index (χ2v) is 3.93. The van der Waals surface area contributed by atoms with Gasteiger partial charge in [0.2, 0.25) is 0 Å². The quantitative estimate of drug-likeness (QED) is 0.666. The summed E-state index contributed by atoms with van der Waals surface area (Å²) in [6.45, 7) is 5.80. The summed E-state index contributed by atoms with van der Waals surface area (Å²) in [5, 5.41) is 4.63. The molecule has 0 bridgehead atoms. The minimum Gasteiger partial charge on any atom is -0.449 e. The van der Waals surface area contributed by atoms with E-state index in [2.05, 4.69) is 10.5 Å². The molecule has 17 heavy (non-hydrogen) atoms. The molecule has 0 aliphatic carbocycles. The molecule has 92 valence electrons. The van der Waals surface area contributed by atoms with Crippen molar-refractivity contribution in [2.75, 3.05) is 6.61 Å². The van der Waals surface area contributed by atoms with Crippen molar-refractivity contribution >= 4 is 23.4 Å². The first-order valence-corrected chi connectivity index (χ1v) is 5.66. The Hall–Kier alpha value is -1.55. The standard InChI is InChI=1S/C12H15ClN2O2/c1-4-17-12(16)15-14-9(3)11-6-5-10(13)7-8(11)2/h5-7H,4H2,1-3H3,(H,15,16). The maximum Gasteiger partial charge on any atom is 0.427 e. The van der Waals surface area contributed by atoms with E-state index in [1.807, 2.05) is 26.0 Å². The number of ether oxygens (including phenoxy) is 1. The third-order valence-corrected chi connectivity index (χ3v) is 2.40. The van der Waals surface area contributed by atoms with Gasteiger partial charge >= 0.3 is 6.09 Å². The summed E-state index contributed by atoms with van der Waals surface area (Å²) in [7, 11) is 0. The number of nitrogens with zero attached hydrogens (tertiary/aromatic N) is 1. The summed E-state index contributed by atoms with van der Waals surface area (Å²) in [5.41, 5.74) is 4.96. The first kappa shape index (κ1) is 13.5. The first-order chi connectivity index (χ1) is 8.04. The molecule has 1 aromatic rings. The molecule has 1 amide bonds. The fourth-order valence-electron chi connectivity index (χ4n) is 1.39. The molecular weight excluding hydrogens is 240 g/mol. The number of nitrogens with one attached hydrogen (secondary N) is 1. The van der Waals surface area contributed by atoms with Gasteiger partial charge in [0.1, 0.15) is 0 Å². The van der Waals surface area contributed by atoms with E-state index in [9.17, 15) is 4.79 Å². The lowest BCUT2D eigenvalue weighted by molar-refractivity contribution is 0.152. The van der Waals surface area contributed by atoms with Crippen LogP contribution >= 0.6 is 11.6 Å². The Kier molecular flexibility index (Phi) is 4.97. The molecule has 1 aromatic carbocycles. The number of aryl methyl sites for hydroxylation is 1. The minimum atomic E-state index is -0.557. The van der Waals surface area contributed by atoms with Crippen molar-refractivity contribution in [3.8, 4) is 0 Å². The van der Waals surface area contributed by atoms with Gasteiger partial charge in [-0.25, -0.2) is 10.2 Å². The van der Waals surface area contributed by atoms with Gasteiger partial charge in [-0.15, -0.1) is 0 Å². The fourth-order valence-corrected chi connectivity index (χ4v) is 1.61. The van der Waals surface area contributed by atoms with E-state index in [1.54, 1.807) is 13.0 Å². The maximum absolute atomic E-state index is 11.1. The van der Waals surface area contributed by atoms with E-state index in [1.165, 1.54) is 0 Å². The summed E-state index contributed by atoms with van der Waals surface area (Å²) in [6.07, 6.45) is -0.557. The molecule has 0 atom stereocenters. The monoisotopic (exact) mass is 254 g/mol. The van der Waals surface area contributed by atoms with Gasteiger partial charge in [-0.3, -0.25) is 0 Å².